The van der Waals surface area contributed by atoms with Crippen molar-refractivity contribution in [1.82, 2.24) is 5.32 Å². The normalized spacial score (nSPS) is 20.0. The van der Waals surface area contributed by atoms with Crippen LogP contribution >= 0.6 is 0 Å². The van der Waals surface area contributed by atoms with Gasteiger partial charge in [0.2, 0.25) is 0 Å². The molecule has 1 rings (SSSR count). The number of nitrogens with one attached hydrogen (secondary N) is 1. The van der Waals surface area contributed by atoms with E-state index in [1.165, 1.54) is 13.0 Å². The Morgan fingerprint density at radius 3 is 2.50 bits per heavy atom. The summed E-state index contributed by atoms with van der Waals surface area (Å²) in [6.07, 6.45) is 3.51. The Morgan fingerprint density at radius 1 is 1.50 bits per heavy atom. The summed E-state index contributed by atoms with van der Waals surface area (Å²) < 4.78 is 0. The minimum atomic E-state index is 0. The van der Waals surface area contributed by atoms with Gasteiger partial charge in [0.1, 0.15) is 0 Å². The summed E-state index contributed by atoms with van der Waals surface area (Å²) in [5.41, 5.74) is 0. The zero-order chi connectivity index (χ0) is 3.54. The van der Waals surface area contributed by atoms with Crippen molar-refractivity contribution in [2.24, 2.45) is 0 Å². The van der Waals surface area contributed by atoms with Gasteiger partial charge in [-0.2, -0.15) is 6.42 Å². The maximum atomic E-state index is 3.17. The summed E-state index contributed by atoms with van der Waals surface area (Å²) in [4.78, 5) is 0. The molecule has 1 saturated heterocycles. The molecule has 0 aromatic heterocycles. The first kappa shape index (κ1) is 7.60. The van der Waals surface area contributed by atoms with Crippen LogP contribution in [0.5, 0.6) is 0 Å². The minimum Gasteiger partial charge on any atom is -0.349 e. The zero-order valence-electron chi connectivity index (χ0n) is 4.20. The molecule has 6 heavy (non-hydrogen) atoms. The van der Waals surface area contributed by atoms with Crippen LogP contribution in [-0.2, 0) is 0 Å². The van der Waals surface area contributed by atoms with Crippen LogP contribution in [0.25, 0.3) is 0 Å². The van der Waals surface area contributed by atoms with E-state index >= 15 is 0 Å². The van der Waals surface area contributed by atoms with E-state index < -0.39 is 0 Å². The Labute approximate surface area is 81.3 Å². The van der Waals surface area contributed by atoms with E-state index in [0.29, 0.717) is 0 Å². The molecule has 2 heteroatoms. The maximum absolute atomic E-state index is 3.17. The molecule has 1 N–H and O–H groups in total. The molecule has 1 fully saturated rings. The Bertz CT molecular complexity index is 19.1. The predicted octanol–water partition coefficient (Wildman–Crippen LogP) is -2.81. The Balaban J connectivity index is 0.000000250. The summed E-state index contributed by atoms with van der Waals surface area (Å²) in [6, 6.07) is 0. The van der Waals surface area contributed by atoms with E-state index in [0.717, 1.165) is 6.54 Å². The molecule has 0 atom stereocenters. The van der Waals surface area contributed by atoms with Crippen molar-refractivity contribution in [3.63, 3.8) is 0 Å². The van der Waals surface area contributed by atoms with Gasteiger partial charge < -0.3 is 11.7 Å². The van der Waals surface area contributed by atoms with Crippen molar-refractivity contribution < 1.29 is 51.4 Å². The van der Waals surface area contributed by atoms with Crippen molar-refractivity contribution in [1.29, 1.82) is 0 Å². The molecule has 30 valence electrons. The number of hydrogen-bond donors (Lipinski definition) is 1. The van der Waals surface area contributed by atoms with E-state index in [1.807, 2.05) is 0 Å². The van der Waals surface area contributed by atoms with Gasteiger partial charge in [-0.05, 0) is 6.54 Å². The predicted molar refractivity (Wildman–Crippen MR) is 21.8 cm³/mol. The third-order valence-electron chi connectivity index (χ3n) is 0.814. The van der Waals surface area contributed by atoms with Crippen LogP contribution < -0.4 is 56.7 Å². The molecule has 0 radical (unpaired) electrons. The average Bonchev–Trinajstić information content (AvgIpc) is 1.76. The molecule has 0 spiro atoms. The van der Waals surface area contributed by atoms with Crippen molar-refractivity contribution in [3.05, 3.63) is 6.42 Å². The number of hydrogen-bond acceptors (Lipinski definition) is 1. The maximum Gasteiger partial charge on any atom is 1.00 e. The quantitative estimate of drug-likeness (QED) is 0.261. The molecule has 0 saturated carbocycles. The van der Waals surface area contributed by atoms with E-state index in [1.54, 1.807) is 0 Å². The molecule has 1 aliphatic rings. The second-order valence-corrected chi connectivity index (χ2v) is 1.28. The molecule has 0 aromatic carbocycles. The van der Waals surface area contributed by atoms with Crippen molar-refractivity contribution in [2.75, 3.05) is 13.1 Å². The average molecular weight is 109 g/mol. The van der Waals surface area contributed by atoms with E-state index in [-0.39, 0.29) is 51.4 Å². The number of rotatable bonds is 0. The summed E-state index contributed by atoms with van der Waals surface area (Å²) >= 11 is 0. The van der Waals surface area contributed by atoms with Gasteiger partial charge in [0.05, 0.1) is 0 Å². The fourth-order valence-corrected chi connectivity index (χ4v) is 0.510. The van der Waals surface area contributed by atoms with Crippen LogP contribution in [0.3, 0.4) is 0 Å². The van der Waals surface area contributed by atoms with Gasteiger partial charge >= 0.3 is 51.4 Å². The first-order valence-corrected chi connectivity index (χ1v) is 2.02. The SMILES string of the molecule is [CH-]1CCNC1.[K+]. The topological polar surface area (TPSA) is 12.0 Å². The van der Waals surface area contributed by atoms with Crippen molar-refractivity contribution in [3.8, 4) is 0 Å². The Kier molecular flexibility index (Phi) is 6.01. The van der Waals surface area contributed by atoms with Crippen molar-refractivity contribution >= 4 is 0 Å². The minimum absolute atomic E-state index is 0. The monoisotopic (exact) mass is 109 g/mol. The van der Waals surface area contributed by atoms with Crippen LogP contribution in [0.2, 0.25) is 0 Å². The summed E-state index contributed by atoms with van der Waals surface area (Å²) in [5, 5.41) is 3.17. The Hall–Kier alpha value is 1.60. The van der Waals surface area contributed by atoms with Gasteiger partial charge in [-0.15, -0.1) is 6.54 Å². The van der Waals surface area contributed by atoms with Crippen LogP contribution in [0.4, 0.5) is 0 Å². The van der Waals surface area contributed by atoms with Crippen LogP contribution in [0.1, 0.15) is 6.42 Å². The molecule has 1 nitrogen and oxygen atoms in total. The first-order chi connectivity index (χ1) is 2.50. The first-order valence-electron chi connectivity index (χ1n) is 2.02. The third-order valence-corrected chi connectivity index (χ3v) is 0.814. The van der Waals surface area contributed by atoms with Crippen molar-refractivity contribution in [2.45, 2.75) is 6.42 Å². The molecular weight excluding hydrogens is 101 g/mol. The van der Waals surface area contributed by atoms with Gasteiger partial charge in [-0.1, -0.05) is 0 Å². The Morgan fingerprint density at radius 2 is 2.33 bits per heavy atom. The van der Waals surface area contributed by atoms with Crippen LogP contribution in [0, 0.1) is 6.42 Å². The van der Waals surface area contributed by atoms with E-state index in [9.17, 15) is 0 Å². The zero-order valence-corrected chi connectivity index (χ0v) is 7.32. The molecule has 0 aliphatic carbocycles. The fraction of sp³-hybridized carbons (Fsp3) is 0.750. The van der Waals surface area contributed by atoms with Gasteiger partial charge in [0.25, 0.3) is 0 Å². The summed E-state index contributed by atoms with van der Waals surface area (Å²) in [6.45, 7) is 2.32. The molecule has 0 bridgehead atoms. The molecule has 1 heterocycles. The fourth-order valence-electron chi connectivity index (χ4n) is 0.510. The smallest absolute Gasteiger partial charge is 0.349 e. The molecule has 0 amide bonds. The van der Waals surface area contributed by atoms with Crippen LogP contribution in [-0.4, -0.2) is 13.1 Å². The molecular formula is C4H8KN. The summed E-state index contributed by atoms with van der Waals surface area (Å²) in [7, 11) is 0. The largest absolute Gasteiger partial charge is 1.00 e. The second kappa shape index (κ2) is 4.75. The van der Waals surface area contributed by atoms with Gasteiger partial charge in [-0.25, -0.2) is 0 Å². The van der Waals surface area contributed by atoms with Gasteiger partial charge in [-0.3, -0.25) is 0 Å². The van der Waals surface area contributed by atoms with E-state index in [4.69, 9.17) is 0 Å². The van der Waals surface area contributed by atoms with Gasteiger partial charge in [0, 0.05) is 0 Å². The molecule has 0 unspecified atom stereocenters. The van der Waals surface area contributed by atoms with Gasteiger partial charge in [0.15, 0.2) is 0 Å². The van der Waals surface area contributed by atoms with Crippen LogP contribution in [0.15, 0.2) is 0 Å². The second-order valence-electron chi connectivity index (χ2n) is 1.28. The van der Waals surface area contributed by atoms with E-state index in [2.05, 4.69) is 11.7 Å². The summed E-state index contributed by atoms with van der Waals surface area (Å²) in [5.74, 6) is 0. The standard InChI is InChI=1S/C4H8N.K/c1-2-4-5-3-1;/h1,5H,2-4H2;/q-1;+1. The molecule has 1 aliphatic heterocycles. The molecule has 0 aromatic rings. The third kappa shape index (κ3) is 2.72.